The van der Waals surface area contributed by atoms with E-state index in [0.29, 0.717) is 0 Å². The standard InChI is InChI=1S/C44H36OSi/c1-31-28-35(33-16-7-3-8-17-33)29-43(31)46(36-20-11-5-12-21-36,37-22-13-6-14-23-37)44-39-25-15-24-38(34-18-9-4-10-19-34)40(39)30-41(44)42-27-26-32(2)45-42/h3-30,43-44H,1-2H3. The Balaban J connectivity index is 1.47. The molecule has 46 heavy (non-hydrogen) atoms. The molecule has 2 unspecified atom stereocenters. The Bertz CT molecular complexity index is 2060. The minimum absolute atomic E-state index is 0.112. The lowest BCUT2D eigenvalue weighted by Gasteiger charge is -2.44. The quantitative estimate of drug-likeness (QED) is 0.164. The first-order valence-corrected chi connectivity index (χ1v) is 18.3. The maximum Gasteiger partial charge on any atom is 0.140 e. The van der Waals surface area contributed by atoms with Crippen molar-refractivity contribution in [2.75, 3.05) is 0 Å². The van der Waals surface area contributed by atoms with Crippen LogP contribution in [-0.4, -0.2) is 8.07 Å². The molecule has 1 heterocycles. The summed E-state index contributed by atoms with van der Waals surface area (Å²) in [7, 11) is -2.80. The van der Waals surface area contributed by atoms with Crippen LogP contribution in [0.5, 0.6) is 0 Å². The molecule has 2 atom stereocenters. The predicted molar refractivity (Wildman–Crippen MR) is 196 cm³/mol. The molecular formula is C44H36OSi. The summed E-state index contributed by atoms with van der Waals surface area (Å²) in [6.07, 6.45) is 7.47. The summed E-state index contributed by atoms with van der Waals surface area (Å²) >= 11 is 0. The third kappa shape index (κ3) is 4.60. The first-order valence-electron chi connectivity index (χ1n) is 16.2. The van der Waals surface area contributed by atoms with Crippen LogP contribution in [0.25, 0.3) is 28.3 Å². The molecule has 8 rings (SSSR count). The van der Waals surface area contributed by atoms with Gasteiger partial charge < -0.3 is 4.42 Å². The molecule has 1 nitrogen and oxygen atoms in total. The molecule has 0 amide bonds. The summed E-state index contributed by atoms with van der Waals surface area (Å²) in [6, 6.07) is 55.7. The van der Waals surface area contributed by atoms with E-state index < -0.39 is 8.07 Å². The molecule has 0 fully saturated rings. The van der Waals surface area contributed by atoms with Crippen LogP contribution >= 0.6 is 0 Å². The van der Waals surface area contributed by atoms with Crippen molar-refractivity contribution in [2.45, 2.75) is 24.9 Å². The maximum atomic E-state index is 6.55. The summed E-state index contributed by atoms with van der Waals surface area (Å²) in [5.41, 5.74) is 10.8. The predicted octanol–water partition coefficient (Wildman–Crippen LogP) is 10.1. The van der Waals surface area contributed by atoms with Crippen molar-refractivity contribution in [1.29, 1.82) is 0 Å². The fourth-order valence-corrected chi connectivity index (χ4v) is 14.3. The average molecular weight is 609 g/mol. The van der Waals surface area contributed by atoms with Crippen LogP contribution < -0.4 is 10.4 Å². The van der Waals surface area contributed by atoms with E-state index in [4.69, 9.17) is 4.42 Å². The van der Waals surface area contributed by atoms with Gasteiger partial charge in [-0.3, -0.25) is 0 Å². The molecule has 0 aliphatic heterocycles. The van der Waals surface area contributed by atoms with Gasteiger partial charge in [0, 0.05) is 16.7 Å². The molecule has 6 aromatic rings. The summed E-state index contributed by atoms with van der Waals surface area (Å²) in [6.45, 7) is 4.40. The van der Waals surface area contributed by atoms with Gasteiger partial charge in [0.25, 0.3) is 0 Å². The number of hydrogen-bond acceptors (Lipinski definition) is 1. The summed E-state index contributed by atoms with van der Waals surface area (Å²) in [5, 5.41) is 2.86. The van der Waals surface area contributed by atoms with Crippen LogP contribution in [0, 0.1) is 6.92 Å². The molecule has 0 saturated heterocycles. The van der Waals surface area contributed by atoms with Gasteiger partial charge in [0.05, 0.1) is 0 Å². The van der Waals surface area contributed by atoms with Crippen LogP contribution in [-0.2, 0) is 0 Å². The smallest absolute Gasteiger partial charge is 0.140 e. The molecule has 2 heteroatoms. The van der Waals surface area contributed by atoms with Crippen molar-refractivity contribution in [1.82, 2.24) is 0 Å². The number of fused-ring (bicyclic) bond motifs is 1. The highest BCUT2D eigenvalue weighted by Crippen LogP contribution is 2.55. The summed E-state index contributed by atoms with van der Waals surface area (Å²) < 4.78 is 6.55. The number of aryl methyl sites for hydroxylation is 1. The molecule has 5 aromatic carbocycles. The van der Waals surface area contributed by atoms with Crippen LogP contribution in [0.15, 0.2) is 174 Å². The van der Waals surface area contributed by atoms with Crippen molar-refractivity contribution in [2.24, 2.45) is 0 Å². The Morgan fingerprint density at radius 1 is 0.543 bits per heavy atom. The van der Waals surface area contributed by atoms with Crippen LogP contribution in [0.4, 0.5) is 0 Å². The van der Waals surface area contributed by atoms with Crippen molar-refractivity contribution in [3.8, 4) is 11.1 Å². The average Bonchev–Trinajstić information content (AvgIpc) is 3.84. The Labute approximate surface area is 272 Å². The van der Waals surface area contributed by atoms with Crippen molar-refractivity contribution in [3.63, 3.8) is 0 Å². The lowest BCUT2D eigenvalue weighted by atomic mass is 9.97. The van der Waals surface area contributed by atoms with Crippen molar-refractivity contribution >= 4 is 35.7 Å². The number of rotatable bonds is 7. The van der Waals surface area contributed by atoms with Crippen LogP contribution in [0.1, 0.15) is 40.7 Å². The van der Waals surface area contributed by atoms with Gasteiger partial charge in [-0.25, -0.2) is 0 Å². The third-order valence-corrected chi connectivity index (χ3v) is 15.7. The number of furan rings is 1. The minimum atomic E-state index is -2.80. The fraction of sp³-hybridized carbons (Fsp3) is 0.0909. The van der Waals surface area contributed by atoms with Gasteiger partial charge in [0.15, 0.2) is 0 Å². The molecule has 0 spiro atoms. The molecule has 0 radical (unpaired) electrons. The molecule has 0 bridgehead atoms. The zero-order valence-corrected chi connectivity index (χ0v) is 27.2. The number of allylic oxidation sites excluding steroid dienone is 5. The van der Waals surface area contributed by atoms with Gasteiger partial charge in [-0.1, -0.05) is 168 Å². The van der Waals surface area contributed by atoms with Crippen LogP contribution in [0.2, 0.25) is 5.54 Å². The first kappa shape index (κ1) is 28.3. The monoisotopic (exact) mass is 608 g/mol. The molecule has 2 aliphatic rings. The molecule has 0 saturated carbocycles. The third-order valence-electron chi connectivity index (χ3n) is 9.95. The van der Waals surface area contributed by atoms with E-state index in [1.54, 1.807) is 0 Å². The zero-order valence-electron chi connectivity index (χ0n) is 26.2. The van der Waals surface area contributed by atoms with E-state index >= 15 is 0 Å². The molecular weight excluding hydrogens is 573 g/mol. The van der Waals surface area contributed by atoms with Gasteiger partial charge in [0.2, 0.25) is 0 Å². The van der Waals surface area contributed by atoms with Crippen LogP contribution in [0.3, 0.4) is 0 Å². The van der Waals surface area contributed by atoms with E-state index in [9.17, 15) is 0 Å². The van der Waals surface area contributed by atoms with E-state index in [0.717, 1.165) is 11.5 Å². The molecule has 1 aromatic heterocycles. The van der Waals surface area contributed by atoms with Gasteiger partial charge in [0.1, 0.15) is 19.6 Å². The Hall–Kier alpha value is -5.18. The van der Waals surface area contributed by atoms with E-state index in [1.165, 1.54) is 54.9 Å². The van der Waals surface area contributed by atoms with Gasteiger partial charge in [-0.15, -0.1) is 0 Å². The van der Waals surface area contributed by atoms with Gasteiger partial charge in [-0.2, -0.15) is 0 Å². The second kappa shape index (κ2) is 11.6. The number of hydrogen-bond donors (Lipinski definition) is 0. The highest BCUT2D eigenvalue weighted by Gasteiger charge is 2.55. The summed E-state index contributed by atoms with van der Waals surface area (Å²) in [5.74, 6) is 1.90. The van der Waals surface area contributed by atoms with E-state index in [2.05, 4.69) is 177 Å². The minimum Gasteiger partial charge on any atom is -0.462 e. The Kier molecular flexibility index (Phi) is 7.16. The second-order valence-electron chi connectivity index (χ2n) is 12.6. The van der Waals surface area contributed by atoms with E-state index in [-0.39, 0.29) is 11.1 Å². The molecule has 222 valence electrons. The zero-order chi connectivity index (χ0) is 31.1. The van der Waals surface area contributed by atoms with Gasteiger partial charge >= 0.3 is 0 Å². The van der Waals surface area contributed by atoms with Crippen molar-refractivity contribution < 1.29 is 4.42 Å². The largest absolute Gasteiger partial charge is 0.462 e. The van der Waals surface area contributed by atoms with Crippen molar-refractivity contribution in [3.05, 3.63) is 198 Å². The second-order valence-corrected chi connectivity index (χ2v) is 16.7. The Morgan fingerprint density at radius 3 is 1.72 bits per heavy atom. The number of benzene rings is 5. The Morgan fingerprint density at radius 2 is 1.13 bits per heavy atom. The lowest BCUT2D eigenvalue weighted by Crippen LogP contribution is -2.65. The normalized spacial score (nSPS) is 17.3. The fourth-order valence-electron chi connectivity index (χ4n) is 8.03. The molecule has 2 aliphatic carbocycles. The summed E-state index contributed by atoms with van der Waals surface area (Å²) in [4.78, 5) is 0. The highest BCUT2D eigenvalue weighted by molar-refractivity contribution is 7.06. The molecule has 0 N–H and O–H groups in total. The lowest BCUT2D eigenvalue weighted by molar-refractivity contribution is 0.520. The maximum absolute atomic E-state index is 6.55. The SMILES string of the molecule is CC1=CC(c2ccccc2)=CC1[Si](c1ccccc1)(c1ccccc1)C1C(c2ccc(C)o2)=Cc2c(-c3ccccc3)cccc21. The topological polar surface area (TPSA) is 13.1 Å². The van der Waals surface area contributed by atoms with Gasteiger partial charge in [-0.05, 0) is 65.4 Å². The highest BCUT2D eigenvalue weighted by atomic mass is 28.3. The first-order chi connectivity index (χ1) is 22.6. The van der Waals surface area contributed by atoms with E-state index in [1.807, 2.05) is 6.92 Å².